The lowest BCUT2D eigenvalue weighted by Gasteiger charge is -2.30. The molecule has 6 atom stereocenters. The number of aromatic nitrogens is 2. The summed E-state index contributed by atoms with van der Waals surface area (Å²) in [6, 6.07) is 17.3. The number of aromatic amines is 1. The Balaban J connectivity index is 0.862. The van der Waals surface area contributed by atoms with E-state index in [-0.39, 0.29) is 48.0 Å². The van der Waals surface area contributed by atoms with Gasteiger partial charge in [0.2, 0.25) is 11.8 Å². The standard InChI is InChI=1S/C45H52N6O4/c1-26(2)36(21-41(52)55-4)45(54)51-17-5-6-39(51)37-19-34(23-46-37)30-11-7-28(8-12-30)29-9-13-31(14-10-29)35-20-38(47-24-35)42-32-15-16-33(18-32)43(42)44(53)49-25-40-48-22-27(3)50-40/h7-14,22-24,26,32-33,36,39,42-43H,5-6,15-21,25H2,1-4H3,(H,48,50)(H,49,53)/t32-,33+,36-,39-,42-,43+/m0/s1. The van der Waals surface area contributed by atoms with Crippen molar-refractivity contribution in [3.8, 4) is 11.1 Å². The Hall–Kier alpha value is -5.12. The van der Waals surface area contributed by atoms with Gasteiger partial charge in [0.1, 0.15) is 5.82 Å². The van der Waals surface area contributed by atoms with Gasteiger partial charge in [0.05, 0.1) is 32.0 Å². The normalized spacial score (nSPS) is 24.8. The Morgan fingerprint density at radius 2 is 1.49 bits per heavy atom. The van der Waals surface area contributed by atoms with Crippen molar-refractivity contribution >= 4 is 40.4 Å². The van der Waals surface area contributed by atoms with E-state index >= 15 is 0 Å². The number of aryl methyl sites for hydroxylation is 1. The van der Waals surface area contributed by atoms with E-state index in [1.54, 1.807) is 6.20 Å². The van der Waals surface area contributed by atoms with Gasteiger partial charge in [-0.2, -0.15) is 0 Å². The Morgan fingerprint density at radius 1 is 0.873 bits per heavy atom. The van der Waals surface area contributed by atoms with Crippen molar-refractivity contribution in [1.82, 2.24) is 20.2 Å². The first-order chi connectivity index (χ1) is 26.7. The van der Waals surface area contributed by atoms with E-state index in [1.165, 1.54) is 24.7 Å². The average molecular weight is 741 g/mol. The second-order valence-electron chi connectivity index (χ2n) is 16.5. The smallest absolute Gasteiger partial charge is 0.306 e. The number of carbonyl (C=O) groups is 3. The topological polar surface area (TPSA) is 129 Å². The van der Waals surface area contributed by atoms with Crippen molar-refractivity contribution in [3.05, 3.63) is 89.8 Å². The summed E-state index contributed by atoms with van der Waals surface area (Å²) in [7, 11) is 1.37. The summed E-state index contributed by atoms with van der Waals surface area (Å²) in [5.41, 5.74) is 10.1. The predicted octanol–water partition coefficient (Wildman–Crippen LogP) is 7.56. The van der Waals surface area contributed by atoms with Gasteiger partial charge in [0.25, 0.3) is 0 Å². The van der Waals surface area contributed by atoms with Gasteiger partial charge in [-0.25, -0.2) is 4.98 Å². The number of benzene rings is 2. The van der Waals surface area contributed by atoms with Gasteiger partial charge in [-0.05, 0) is 90.2 Å². The third kappa shape index (κ3) is 7.48. The molecule has 3 aliphatic heterocycles. The van der Waals surface area contributed by atoms with Crippen LogP contribution in [0.4, 0.5) is 0 Å². The highest BCUT2D eigenvalue weighted by atomic mass is 16.5. The number of rotatable bonds is 12. The van der Waals surface area contributed by atoms with Gasteiger partial charge in [-0.1, -0.05) is 62.4 Å². The van der Waals surface area contributed by atoms with Crippen molar-refractivity contribution < 1.29 is 19.1 Å². The number of amides is 2. The van der Waals surface area contributed by atoms with Crippen LogP contribution in [-0.4, -0.2) is 63.8 Å². The van der Waals surface area contributed by atoms with Crippen LogP contribution in [0.25, 0.3) is 22.3 Å². The van der Waals surface area contributed by atoms with E-state index in [4.69, 9.17) is 14.7 Å². The summed E-state index contributed by atoms with van der Waals surface area (Å²) >= 11 is 0. The summed E-state index contributed by atoms with van der Waals surface area (Å²) < 4.78 is 4.89. The number of allylic oxidation sites excluding steroid dienone is 2. The number of aliphatic imine (C=N–C) groups is 2. The molecule has 2 amide bonds. The summed E-state index contributed by atoms with van der Waals surface area (Å²) in [6.07, 6.45) is 12.6. The first kappa shape index (κ1) is 36.8. The van der Waals surface area contributed by atoms with Crippen LogP contribution in [0.15, 0.2) is 77.1 Å². The van der Waals surface area contributed by atoms with Gasteiger partial charge in [-0.15, -0.1) is 0 Å². The number of carbonyl (C=O) groups excluding carboxylic acids is 3. The molecule has 3 aromatic rings. The summed E-state index contributed by atoms with van der Waals surface area (Å²) in [5.74, 6) is 1.40. The molecule has 2 bridgehead atoms. The monoisotopic (exact) mass is 740 g/mol. The summed E-state index contributed by atoms with van der Waals surface area (Å²) in [6.45, 7) is 7.06. The highest BCUT2D eigenvalue weighted by molar-refractivity contribution is 6.04. The highest BCUT2D eigenvalue weighted by Crippen LogP contribution is 2.54. The van der Waals surface area contributed by atoms with Crippen molar-refractivity contribution in [1.29, 1.82) is 0 Å². The predicted molar refractivity (Wildman–Crippen MR) is 215 cm³/mol. The molecule has 2 aromatic carbocycles. The number of likely N-dealkylation sites (tertiary alicyclic amines) is 1. The molecule has 3 fully saturated rings. The van der Waals surface area contributed by atoms with E-state index in [1.807, 2.05) is 38.1 Å². The van der Waals surface area contributed by atoms with Crippen molar-refractivity contribution in [2.24, 2.45) is 45.5 Å². The van der Waals surface area contributed by atoms with E-state index in [0.717, 1.165) is 77.3 Å². The largest absolute Gasteiger partial charge is 0.469 e. The van der Waals surface area contributed by atoms with Crippen LogP contribution in [0.1, 0.15) is 87.9 Å². The fourth-order valence-corrected chi connectivity index (χ4v) is 9.86. The number of nitrogens with zero attached hydrogens (tertiary/aromatic N) is 4. The fourth-order valence-electron chi connectivity index (χ4n) is 9.86. The fraction of sp³-hybridized carbons (Fsp3) is 0.467. The Bertz CT molecular complexity index is 2070. The van der Waals surface area contributed by atoms with Gasteiger partial charge in [-0.3, -0.25) is 24.4 Å². The van der Waals surface area contributed by atoms with E-state index in [9.17, 15) is 14.4 Å². The lowest BCUT2D eigenvalue weighted by molar-refractivity contribution is -0.148. The molecule has 1 saturated heterocycles. The molecule has 5 aliphatic rings. The van der Waals surface area contributed by atoms with E-state index in [0.29, 0.717) is 31.3 Å². The minimum Gasteiger partial charge on any atom is -0.469 e. The van der Waals surface area contributed by atoms with Crippen molar-refractivity contribution in [2.45, 2.75) is 84.7 Å². The molecule has 4 heterocycles. The van der Waals surface area contributed by atoms with E-state index in [2.05, 4.69) is 63.8 Å². The van der Waals surface area contributed by atoms with Crippen LogP contribution in [0.3, 0.4) is 0 Å². The SMILES string of the molecule is COC(=O)C[C@H](C(=O)N1CCC[C@H]1C1=NC=C(c2ccc(-c3ccc(C4=CN=C([C@@H]5[C@H]6CC[C@H](C6)[C@H]5C(=O)NCc5ncc(C)[nH]5)C4)cc3)cc2)C1)C(C)C. The molecule has 2 N–H and O–H groups in total. The Labute approximate surface area is 323 Å². The second-order valence-corrected chi connectivity index (χ2v) is 16.5. The molecular formula is C45H52N6O4. The molecule has 0 unspecified atom stereocenters. The summed E-state index contributed by atoms with van der Waals surface area (Å²) in [5, 5.41) is 3.17. The molecule has 0 radical (unpaired) electrons. The van der Waals surface area contributed by atoms with Crippen LogP contribution < -0.4 is 5.32 Å². The Kier molecular flexibility index (Phi) is 10.4. The number of fused-ring (bicyclic) bond motifs is 2. The third-order valence-electron chi connectivity index (χ3n) is 12.8. The first-order valence-corrected chi connectivity index (χ1v) is 20.0. The van der Waals surface area contributed by atoms with Crippen LogP contribution in [0.5, 0.6) is 0 Å². The maximum Gasteiger partial charge on any atom is 0.306 e. The highest BCUT2D eigenvalue weighted by Gasteiger charge is 2.52. The molecule has 10 heteroatoms. The number of hydrogen-bond acceptors (Lipinski definition) is 7. The van der Waals surface area contributed by atoms with Gasteiger partial charge >= 0.3 is 5.97 Å². The average Bonchev–Trinajstić information content (AvgIpc) is 4.06. The zero-order valence-electron chi connectivity index (χ0n) is 32.4. The zero-order chi connectivity index (χ0) is 38.2. The molecule has 55 heavy (non-hydrogen) atoms. The Morgan fingerprint density at radius 3 is 2.11 bits per heavy atom. The van der Waals surface area contributed by atoms with Crippen molar-refractivity contribution in [2.75, 3.05) is 13.7 Å². The first-order valence-electron chi connectivity index (χ1n) is 20.0. The van der Waals surface area contributed by atoms with Crippen molar-refractivity contribution in [3.63, 3.8) is 0 Å². The van der Waals surface area contributed by atoms with Crippen LogP contribution in [0.2, 0.25) is 0 Å². The number of H-pyrrole nitrogens is 1. The number of ether oxygens (including phenoxy) is 1. The lowest BCUT2D eigenvalue weighted by Crippen LogP contribution is -2.45. The number of methoxy groups -OCH3 is 1. The molecule has 0 spiro atoms. The van der Waals surface area contributed by atoms with Crippen LogP contribution in [0, 0.1) is 42.4 Å². The molecule has 10 nitrogen and oxygen atoms in total. The maximum atomic E-state index is 13.6. The minimum absolute atomic E-state index is 0.0202. The minimum atomic E-state index is -0.396. The lowest BCUT2D eigenvalue weighted by atomic mass is 9.75. The van der Waals surface area contributed by atoms with Gasteiger partial charge in [0, 0.05) is 66.9 Å². The van der Waals surface area contributed by atoms with Crippen LogP contribution in [-0.2, 0) is 25.7 Å². The maximum absolute atomic E-state index is 13.6. The number of nitrogens with one attached hydrogen (secondary N) is 2. The number of imidazole rings is 1. The number of esters is 1. The molecular weight excluding hydrogens is 689 g/mol. The third-order valence-corrected chi connectivity index (χ3v) is 12.8. The zero-order valence-corrected chi connectivity index (χ0v) is 32.4. The quantitative estimate of drug-likeness (QED) is 0.185. The molecule has 2 aliphatic carbocycles. The van der Waals surface area contributed by atoms with Gasteiger partial charge in [0.15, 0.2) is 0 Å². The van der Waals surface area contributed by atoms with Crippen LogP contribution >= 0.6 is 0 Å². The number of hydrogen-bond donors (Lipinski definition) is 2. The molecule has 2 saturated carbocycles. The second kappa shape index (κ2) is 15.6. The molecule has 1 aromatic heterocycles. The van der Waals surface area contributed by atoms with Gasteiger partial charge < -0.3 is 19.9 Å². The molecule has 8 rings (SSSR count). The summed E-state index contributed by atoms with van der Waals surface area (Å²) in [4.78, 5) is 58.5. The van der Waals surface area contributed by atoms with E-state index < -0.39 is 5.92 Å². The molecule has 286 valence electrons.